The van der Waals surface area contributed by atoms with Crippen LogP contribution in [0, 0.1) is 13.8 Å². The fraction of sp³-hybridized carbons (Fsp3) is 0.625. The molecule has 0 atom stereocenters. The van der Waals surface area contributed by atoms with Crippen molar-refractivity contribution >= 4 is 0 Å². The van der Waals surface area contributed by atoms with Gasteiger partial charge in [-0.05, 0) is 32.0 Å². The summed E-state index contributed by atoms with van der Waals surface area (Å²) in [6.07, 6.45) is 1.48. The Morgan fingerprint density at radius 3 is 2.63 bits per heavy atom. The first-order valence-corrected chi connectivity index (χ1v) is 7.03. The summed E-state index contributed by atoms with van der Waals surface area (Å²) in [5.74, 6) is 0. The van der Waals surface area contributed by atoms with Crippen LogP contribution < -0.4 is 0 Å². The highest BCUT2D eigenvalue weighted by molar-refractivity contribution is 5.30. The van der Waals surface area contributed by atoms with E-state index in [9.17, 15) is 5.11 Å². The Kier molecular flexibility index (Phi) is 4.61. The number of rotatable bonds is 4. The number of hydrogen-bond acceptors (Lipinski definition) is 3. The summed E-state index contributed by atoms with van der Waals surface area (Å²) < 4.78 is 5.32. The number of hydrogen-bond donors (Lipinski definition) is 1. The maximum atomic E-state index is 10.5. The van der Waals surface area contributed by atoms with Gasteiger partial charge in [0, 0.05) is 39.1 Å². The molecule has 0 spiro atoms. The van der Waals surface area contributed by atoms with E-state index in [4.69, 9.17) is 4.74 Å². The monoisotopic (exact) mass is 263 g/mol. The molecule has 106 valence electrons. The van der Waals surface area contributed by atoms with Crippen LogP contribution in [0.15, 0.2) is 18.2 Å². The third-order valence-corrected chi connectivity index (χ3v) is 3.93. The van der Waals surface area contributed by atoms with Crippen molar-refractivity contribution in [1.29, 1.82) is 0 Å². The summed E-state index contributed by atoms with van der Waals surface area (Å²) >= 11 is 0. The van der Waals surface area contributed by atoms with E-state index in [2.05, 4.69) is 44.0 Å². The molecule has 1 heterocycles. The summed E-state index contributed by atoms with van der Waals surface area (Å²) in [4.78, 5) is 2.22. The van der Waals surface area contributed by atoms with E-state index in [-0.39, 0.29) is 0 Å². The van der Waals surface area contributed by atoms with E-state index >= 15 is 0 Å². The molecule has 1 aliphatic heterocycles. The van der Waals surface area contributed by atoms with Crippen molar-refractivity contribution in [3.8, 4) is 0 Å². The van der Waals surface area contributed by atoms with Gasteiger partial charge < -0.3 is 9.84 Å². The minimum absolute atomic E-state index is 0.579. The lowest BCUT2D eigenvalue weighted by molar-refractivity contribution is -0.0777. The van der Waals surface area contributed by atoms with Gasteiger partial charge in [0.2, 0.25) is 0 Å². The van der Waals surface area contributed by atoms with Crippen LogP contribution in [-0.4, -0.2) is 42.4 Å². The molecule has 1 aromatic rings. The fourth-order valence-corrected chi connectivity index (χ4v) is 2.73. The van der Waals surface area contributed by atoms with Crippen molar-refractivity contribution in [1.82, 2.24) is 4.90 Å². The van der Waals surface area contributed by atoms with Gasteiger partial charge in [-0.1, -0.05) is 23.8 Å². The van der Waals surface area contributed by atoms with Gasteiger partial charge in [0.1, 0.15) is 0 Å². The Bertz CT molecular complexity index is 425. The molecule has 0 aromatic heterocycles. The fourth-order valence-electron chi connectivity index (χ4n) is 2.73. The first-order chi connectivity index (χ1) is 8.98. The van der Waals surface area contributed by atoms with Crippen LogP contribution in [0.4, 0.5) is 0 Å². The van der Waals surface area contributed by atoms with Crippen molar-refractivity contribution in [2.75, 3.05) is 26.8 Å². The highest BCUT2D eigenvalue weighted by Gasteiger charge is 2.30. The van der Waals surface area contributed by atoms with Gasteiger partial charge in [0.15, 0.2) is 0 Å². The molecule has 1 aliphatic rings. The summed E-state index contributed by atoms with van der Waals surface area (Å²) in [6, 6.07) is 6.55. The lowest BCUT2D eigenvalue weighted by Gasteiger charge is -2.35. The minimum Gasteiger partial charge on any atom is -0.388 e. The van der Waals surface area contributed by atoms with Gasteiger partial charge >= 0.3 is 0 Å². The first kappa shape index (κ1) is 14.5. The smallest absolute Gasteiger partial charge is 0.0817 e. The molecule has 3 heteroatoms. The molecule has 1 aromatic carbocycles. The Labute approximate surface area is 116 Å². The number of ether oxygens (including phenoxy) is 1. The topological polar surface area (TPSA) is 32.7 Å². The molecular formula is C16H25NO2. The van der Waals surface area contributed by atoms with Crippen molar-refractivity contribution in [3.63, 3.8) is 0 Å². The summed E-state index contributed by atoms with van der Waals surface area (Å²) in [6.45, 7) is 7.21. The average molecular weight is 263 g/mol. The summed E-state index contributed by atoms with van der Waals surface area (Å²) in [5.41, 5.74) is 3.37. The van der Waals surface area contributed by atoms with E-state index in [0.29, 0.717) is 19.8 Å². The summed E-state index contributed by atoms with van der Waals surface area (Å²) in [7, 11) is 2.08. The molecule has 0 radical (unpaired) electrons. The SMILES string of the molecule is Cc1ccc(C)c(CN(C)CC2(O)CCOCC2)c1. The molecule has 0 saturated carbocycles. The number of aliphatic hydroxyl groups is 1. The third kappa shape index (κ3) is 4.03. The van der Waals surface area contributed by atoms with Gasteiger partial charge in [0.05, 0.1) is 5.60 Å². The zero-order valence-corrected chi connectivity index (χ0v) is 12.3. The quantitative estimate of drug-likeness (QED) is 0.904. The molecular weight excluding hydrogens is 238 g/mol. The van der Waals surface area contributed by atoms with Crippen molar-refractivity contribution in [3.05, 3.63) is 34.9 Å². The second-order valence-corrected chi connectivity index (χ2v) is 5.94. The van der Waals surface area contributed by atoms with Gasteiger partial charge in [-0.15, -0.1) is 0 Å². The van der Waals surface area contributed by atoms with E-state index in [1.807, 2.05) is 0 Å². The predicted molar refractivity (Wildman–Crippen MR) is 77.3 cm³/mol. The van der Waals surface area contributed by atoms with Gasteiger partial charge in [0.25, 0.3) is 0 Å². The second-order valence-electron chi connectivity index (χ2n) is 5.94. The average Bonchev–Trinajstić information content (AvgIpc) is 2.34. The summed E-state index contributed by atoms with van der Waals surface area (Å²) in [5, 5.41) is 10.5. The number of likely N-dealkylation sites (N-methyl/N-ethyl adjacent to an activating group) is 1. The number of aryl methyl sites for hydroxylation is 2. The van der Waals surface area contributed by atoms with Crippen LogP contribution in [-0.2, 0) is 11.3 Å². The van der Waals surface area contributed by atoms with Crippen LogP contribution >= 0.6 is 0 Å². The van der Waals surface area contributed by atoms with Crippen LogP contribution in [0.3, 0.4) is 0 Å². The van der Waals surface area contributed by atoms with Crippen molar-refractivity contribution in [2.24, 2.45) is 0 Å². The molecule has 19 heavy (non-hydrogen) atoms. The van der Waals surface area contributed by atoms with Gasteiger partial charge in [-0.25, -0.2) is 0 Å². The van der Waals surface area contributed by atoms with Crippen LogP contribution in [0.2, 0.25) is 0 Å². The minimum atomic E-state index is -0.579. The van der Waals surface area contributed by atoms with Crippen LogP contribution in [0.1, 0.15) is 29.5 Å². The Morgan fingerprint density at radius 1 is 1.26 bits per heavy atom. The van der Waals surface area contributed by atoms with Crippen LogP contribution in [0.5, 0.6) is 0 Å². The second kappa shape index (κ2) is 6.04. The molecule has 1 saturated heterocycles. The number of benzene rings is 1. The van der Waals surface area contributed by atoms with Crippen molar-refractivity contribution < 1.29 is 9.84 Å². The van der Waals surface area contributed by atoms with E-state index in [1.165, 1.54) is 16.7 Å². The van der Waals surface area contributed by atoms with E-state index < -0.39 is 5.60 Å². The lowest BCUT2D eigenvalue weighted by atomic mass is 9.93. The molecule has 1 N–H and O–H groups in total. The molecule has 0 unspecified atom stereocenters. The molecule has 3 nitrogen and oxygen atoms in total. The maximum absolute atomic E-state index is 10.5. The van der Waals surface area contributed by atoms with Crippen molar-refractivity contribution in [2.45, 2.75) is 38.8 Å². The third-order valence-electron chi connectivity index (χ3n) is 3.93. The molecule has 2 rings (SSSR count). The molecule has 1 fully saturated rings. The van der Waals surface area contributed by atoms with Crippen LogP contribution in [0.25, 0.3) is 0 Å². The molecule has 0 amide bonds. The highest BCUT2D eigenvalue weighted by atomic mass is 16.5. The molecule has 0 aliphatic carbocycles. The maximum Gasteiger partial charge on any atom is 0.0817 e. The largest absolute Gasteiger partial charge is 0.388 e. The standard InChI is InChI=1S/C16H25NO2/c1-13-4-5-14(2)15(10-13)11-17(3)12-16(18)6-8-19-9-7-16/h4-5,10,18H,6-9,11-12H2,1-3H3. The van der Waals surface area contributed by atoms with Gasteiger partial charge in [-0.3, -0.25) is 4.90 Å². The van der Waals surface area contributed by atoms with E-state index in [1.54, 1.807) is 0 Å². The Balaban J connectivity index is 1.96. The van der Waals surface area contributed by atoms with E-state index in [0.717, 1.165) is 19.4 Å². The highest BCUT2D eigenvalue weighted by Crippen LogP contribution is 2.22. The normalized spacial score (nSPS) is 18.8. The Hall–Kier alpha value is -0.900. The zero-order valence-electron chi connectivity index (χ0n) is 12.3. The van der Waals surface area contributed by atoms with Gasteiger partial charge in [-0.2, -0.15) is 0 Å². The zero-order chi connectivity index (χ0) is 13.9. The lowest BCUT2D eigenvalue weighted by Crippen LogP contribution is -2.45. The Morgan fingerprint density at radius 2 is 1.95 bits per heavy atom. The first-order valence-electron chi connectivity index (χ1n) is 7.03. The molecule has 0 bridgehead atoms. The predicted octanol–water partition coefficient (Wildman–Crippen LogP) is 2.28. The number of nitrogens with zero attached hydrogens (tertiary/aromatic N) is 1.